The summed E-state index contributed by atoms with van der Waals surface area (Å²) in [5, 5.41) is 3.27. The topological polar surface area (TPSA) is 84.1 Å². The molecule has 2 heterocycles. The van der Waals surface area contributed by atoms with Gasteiger partial charge in [0.05, 0.1) is 0 Å². The van der Waals surface area contributed by atoms with Crippen molar-refractivity contribution in [1.82, 2.24) is 15.3 Å². The Kier molecular flexibility index (Phi) is 6.46. The first kappa shape index (κ1) is 19.1. The first-order chi connectivity index (χ1) is 12.6. The van der Waals surface area contributed by atoms with Crippen LogP contribution in [0.25, 0.3) is 0 Å². The number of amides is 1. The van der Waals surface area contributed by atoms with E-state index in [2.05, 4.69) is 33.2 Å². The first-order valence-corrected chi connectivity index (χ1v) is 10.2. The number of nitrogens with one attached hydrogen (secondary N) is 1. The molecule has 144 valence electrons. The molecule has 1 saturated carbocycles. The van der Waals surface area contributed by atoms with Crippen molar-refractivity contribution in [2.24, 2.45) is 11.1 Å². The van der Waals surface area contributed by atoms with Gasteiger partial charge in [-0.25, -0.2) is 9.97 Å². The zero-order valence-electron chi connectivity index (χ0n) is 16.0. The summed E-state index contributed by atoms with van der Waals surface area (Å²) in [6.45, 7) is 4.58. The van der Waals surface area contributed by atoms with Crippen LogP contribution in [-0.2, 0) is 11.2 Å². The van der Waals surface area contributed by atoms with Gasteiger partial charge in [-0.3, -0.25) is 4.79 Å². The Bertz CT molecular complexity index is 592. The largest absolute Gasteiger partial charge is 0.356 e. The lowest BCUT2D eigenvalue weighted by Crippen LogP contribution is -2.47. The number of anilines is 1. The molecule has 6 nitrogen and oxygen atoms in total. The SMILES string of the molecule is CCc1cc(N2CCC(NC(=O)CC3(CN)CCCCC3)CC2)ncn1. The van der Waals surface area contributed by atoms with Gasteiger partial charge in [-0.1, -0.05) is 26.2 Å². The van der Waals surface area contributed by atoms with E-state index in [1.807, 2.05) is 0 Å². The molecule has 1 amide bonds. The van der Waals surface area contributed by atoms with Gasteiger partial charge < -0.3 is 16.0 Å². The zero-order valence-corrected chi connectivity index (χ0v) is 16.0. The van der Waals surface area contributed by atoms with Crippen LogP contribution in [0.5, 0.6) is 0 Å². The molecule has 1 aromatic heterocycles. The van der Waals surface area contributed by atoms with E-state index in [9.17, 15) is 4.79 Å². The van der Waals surface area contributed by atoms with Crippen LogP contribution in [0.4, 0.5) is 5.82 Å². The van der Waals surface area contributed by atoms with Crippen LogP contribution in [0.3, 0.4) is 0 Å². The molecule has 0 aromatic carbocycles. The van der Waals surface area contributed by atoms with Crippen molar-refractivity contribution in [2.75, 3.05) is 24.5 Å². The molecule has 0 radical (unpaired) electrons. The minimum absolute atomic E-state index is 0.0422. The quantitative estimate of drug-likeness (QED) is 0.815. The third kappa shape index (κ3) is 4.72. The molecular weight excluding hydrogens is 326 g/mol. The van der Waals surface area contributed by atoms with Gasteiger partial charge in [0.1, 0.15) is 12.1 Å². The molecular formula is C20H33N5O. The third-order valence-electron chi connectivity index (χ3n) is 6.14. The maximum atomic E-state index is 12.6. The van der Waals surface area contributed by atoms with Crippen LogP contribution in [0, 0.1) is 5.41 Å². The van der Waals surface area contributed by atoms with Gasteiger partial charge >= 0.3 is 0 Å². The van der Waals surface area contributed by atoms with E-state index >= 15 is 0 Å². The summed E-state index contributed by atoms with van der Waals surface area (Å²) in [6.07, 6.45) is 11.0. The number of carbonyl (C=O) groups excluding carboxylic acids is 1. The van der Waals surface area contributed by atoms with Crippen molar-refractivity contribution in [3.05, 3.63) is 18.1 Å². The number of carbonyl (C=O) groups is 1. The Labute approximate surface area is 157 Å². The van der Waals surface area contributed by atoms with E-state index < -0.39 is 0 Å². The highest BCUT2D eigenvalue weighted by Crippen LogP contribution is 2.38. The molecule has 0 unspecified atom stereocenters. The van der Waals surface area contributed by atoms with Gasteiger partial charge in [0, 0.05) is 37.3 Å². The van der Waals surface area contributed by atoms with Crippen LogP contribution in [-0.4, -0.2) is 41.6 Å². The van der Waals surface area contributed by atoms with E-state index in [4.69, 9.17) is 5.73 Å². The highest BCUT2D eigenvalue weighted by molar-refractivity contribution is 5.77. The van der Waals surface area contributed by atoms with Crippen molar-refractivity contribution < 1.29 is 4.79 Å². The Morgan fingerprint density at radius 1 is 1.27 bits per heavy atom. The van der Waals surface area contributed by atoms with Crippen molar-refractivity contribution in [3.63, 3.8) is 0 Å². The second-order valence-electron chi connectivity index (χ2n) is 7.99. The number of nitrogens with zero attached hydrogens (tertiary/aromatic N) is 3. The number of aromatic nitrogens is 2. The van der Waals surface area contributed by atoms with E-state index in [1.165, 1.54) is 19.3 Å². The van der Waals surface area contributed by atoms with Crippen LogP contribution in [0.2, 0.25) is 0 Å². The molecule has 2 aliphatic rings. The van der Waals surface area contributed by atoms with E-state index in [-0.39, 0.29) is 17.4 Å². The summed E-state index contributed by atoms with van der Waals surface area (Å²) in [7, 11) is 0. The summed E-state index contributed by atoms with van der Waals surface area (Å²) in [4.78, 5) is 23.6. The Hall–Kier alpha value is -1.69. The maximum Gasteiger partial charge on any atom is 0.220 e. The fourth-order valence-electron chi connectivity index (χ4n) is 4.38. The molecule has 6 heteroatoms. The fraction of sp³-hybridized carbons (Fsp3) is 0.750. The molecule has 3 rings (SSSR count). The number of rotatable bonds is 6. The molecule has 0 spiro atoms. The number of hydrogen-bond donors (Lipinski definition) is 2. The smallest absolute Gasteiger partial charge is 0.220 e. The summed E-state index contributed by atoms with van der Waals surface area (Å²) in [6, 6.07) is 2.34. The Balaban J connectivity index is 1.48. The van der Waals surface area contributed by atoms with Gasteiger partial charge in [0.15, 0.2) is 0 Å². The lowest BCUT2D eigenvalue weighted by molar-refractivity contribution is -0.124. The molecule has 1 saturated heterocycles. The number of piperidine rings is 1. The van der Waals surface area contributed by atoms with Crippen LogP contribution in [0.1, 0.15) is 64.0 Å². The van der Waals surface area contributed by atoms with Crippen molar-refractivity contribution in [3.8, 4) is 0 Å². The third-order valence-corrected chi connectivity index (χ3v) is 6.14. The number of aryl methyl sites for hydroxylation is 1. The van der Waals surface area contributed by atoms with Crippen molar-refractivity contribution in [2.45, 2.75) is 70.8 Å². The average molecular weight is 360 g/mol. The van der Waals surface area contributed by atoms with Gasteiger partial charge in [0.25, 0.3) is 0 Å². The van der Waals surface area contributed by atoms with Crippen LogP contribution >= 0.6 is 0 Å². The molecule has 2 fully saturated rings. The fourth-order valence-corrected chi connectivity index (χ4v) is 4.38. The Morgan fingerprint density at radius 3 is 2.65 bits per heavy atom. The molecule has 0 bridgehead atoms. The normalized spacial score (nSPS) is 20.8. The maximum absolute atomic E-state index is 12.6. The molecule has 1 aliphatic heterocycles. The molecule has 1 aromatic rings. The number of hydrogen-bond acceptors (Lipinski definition) is 5. The standard InChI is InChI=1S/C20H33N5O/c1-2-16-12-18(23-15-22-16)25-10-6-17(7-11-25)24-19(26)13-20(14-21)8-4-3-5-9-20/h12,15,17H,2-11,13-14,21H2,1H3,(H,24,26). The van der Waals surface area contributed by atoms with E-state index in [0.29, 0.717) is 13.0 Å². The Morgan fingerprint density at radius 2 is 2.00 bits per heavy atom. The van der Waals surface area contributed by atoms with Crippen LogP contribution in [0.15, 0.2) is 12.4 Å². The predicted molar refractivity (Wildman–Crippen MR) is 104 cm³/mol. The second-order valence-corrected chi connectivity index (χ2v) is 7.99. The predicted octanol–water partition coefficient (Wildman–Crippen LogP) is 2.42. The highest BCUT2D eigenvalue weighted by Gasteiger charge is 2.33. The zero-order chi connectivity index (χ0) is 18.4. The minimum Gasteiger partial charge on any atom is -0.356 e. The highest BCUT2D eigenvalue weighted by atomic mass is 16.1. The van der Waals surface area contributed by atoms with Gasteiger partial charge in [-0.05, 0) is 44.1 Å². The van der Waals surface area contributed by atoms with E-state index in [1.54, 1.807) is 6.33 Å². The van der Waals surface area contributed by atoms with Gasteiger partial charge in [-0.2, -0.15) is 0 Å². The molecule has 26 heavy (non-hydrogen) atoms. The van der Waals surface area contributed by atoms with E-state index in [0.717, 1.165) is 56.7 Å². The first-order valence-electron chi connectivity index (χ1n) is 10.2. The molecule has 1 aliphatic carbocycles. The van der Waals surface area contributed by atoms with Gasteiger partial charge in [-0.15, -0.1) is 0 Å². The molecule has 3 N–H and O–H groups in total. The number of nitrogens with two attached hydrogens (primary N) is 1. The monoisotopic (exact) mass is 359 g/mol. The summed E-state index contributed by atoms with van der Waals surface area (Å²) in [5.74, 6) is 1.19. The lowest BCUT2D eigenvalue weighted by Gasteiger charge is -2.37. The summed E-state index contributed by atoms with van der Waals surface area (Å²) in [5.41, 5.74) is 7.14. The lowest BCUT2D eigenvalue weighted by atomic mass is 9.71. The van der Waals surface area contributed by atoms with Crippen LogP contribution < -0.4 is 16.0 Å². The van der Waals surface area contributed by atoms with Gasteiger partial charge in [0.2, 0.25) is 5.91 Å². The minimum atomic E-state index is 0.0422. The molecule has 0 atom stereocenters. The average Bonchev–Trinajstić information content (AvgIpc) is 2.69. The second kappa shape index (κ2) is 8.80. The van der Waals surface area contributed by atoms with Crippen molar-refractivity contribution in [1.29, 1.82) is 0 Å². The summed E-state index contributed by atoms with van der Waals surface area (Å²) < 4.78 is 0. The van der Waals surface area contributed by atoms with Crippen molar-refractivity contribution >= 4 is 11.7 Å². The summed E-state index contributed by atoms with van der Waals surface area (Å²) >= 11 is 0.